The Bertz CT molecular complexity index is 575. The number of rotatable bonds is 5. The van der Waals surface area contributed by atoms with Gasteiger partial charge in [0.25, 0.3) is 0 Å². The lowest BCUT2D eigenvalue weighted by Gasteiger charge is -2.26. The summed E-state index contributed by atoms with van der Waals surface area (Å²) < 4.78 is 7.75. The van der Waals surface area contributed by atoms with Gasteiger partial charge in [0.1, 0.15) is 17.1 Å². The van der Waals surface area contributed by atoms with Crippen LogP contribution in [0.3, 0.4) is 0 Å². The fourth-order valence-electron chi connectivity index (χ4n) is 2.75. The average molecular weight is 279 g/mol. The van der Waals surface area contributed by atoms with Gasteiger partial charge in [0.15, 0.2) is 0 Å². The molecule has 3 rings (SSSR count). The standard InChI is InChI=1S/C15H19ClN2O/c1-19-13-7-3-6-12-15(13)17-14(8-9-16)18(12)10-11-4-2-5-11/h3,6-7,11H,2,4-5,8-10H2,1H3. The van der Waals surface area contributed by atoms with Crippen LogP contribution in [0.4, 0.5) is 0 Å². The van der Waals surface area contributed by atoms with Crippen molar-refractivity contribution in [3.05, 3.63) is 24.0 Å². The van der Waals surface area contributed by atoms with Crippen LogP contribution in [-0.2, 0) is 13.0 Å². The molecule has 4 heteroatoms. The van der Waals surface area contributed by atoms with Crippen LogP contribution in [0.25, 0.3) is 11.0 Å². The van der Waals surface area contributed by atoms with Crippen LogP contribution in [0.2, 0.25) is 0 Å². The van der Waals surface area contributed by atoms with E-state index in [1.54, 1.807) is 7.11 Å². The van der Waals surface area contributed by atoms with Crippen molar-refractivity contribution in [2.75, 3.05) is 13.0 Å². The summed E-state index contributed by atoms with van der Waals surface area (Å²) in [4.78, 5) is 4.74. The molecule has 0 spiro atoms. The molecule has 1 heterocycles. The number of aryl methyl sites for hydroxylation is 1. The Kier molecular flexibility index (Phi) is 3.65. The molecule has 19 heavy (non-hydrogen) atoms. The third-order valence-corrected chi connectivity index (χ3v) is 4.21. The molecular weight excluding hydrogens is 260 g/mol. The molecule has 1 aliphatic carbocycles. The lowest BCUT2D eigenvalue weighted by Crippen LogP contribution is -2.19. The second-order valence-electron chi connectivity index (χ2n) is 5.20. The van der Waals surface area contributed by atoms with E-state index in [4.69, 9.17) is 21.3 Å². The number of para-hydroxylation sites is 1. The van der Waals surface area contributed by atoms with Gasteiger partial charge >= 0.3 is 0 Å². The fraction of sp³-hybridized carbons (Fsp3) is 0.533. The van der Waals surface area contributed by atoms with Gasteiger partial charge < -0.3 is 9.30 Å². The number of hydrogen-bond acceptors (Lipinski definition) is 2. The predicted octanol–water partition coefficient (Wildman–Crippen LogP) is 3.63. The number of halogens is 1. The first-order chi connectivity index (χ1) is 9.33. The average Bonchev–Trinajstić information content (AvgIpc) is 2.72. The third kappa shape index (κ3) is 2.32. The summed E-state index contributed by atoms with van der Waals surface area (Å²) >= 11 is 5.91. The van der Waals surface area contributed by atoms with Gasteiger partial charge in [-0.15, -0.1) is 11.6 Å². The van der Waals surface area contributed by atoms with E-state index in [-0.39, 0.29) is 0 Å². The van der Waals surface area contributed by atoms with Gasteiger partial charge in [-0.2, -0.15) is 0 Å². The number of alkyl halides is 1. The molecule has 0 radical (unpaired) electrons. The molecule has 0 saturated heterocycles. The Balaban J connectivity index is 2.06. The van der Waals surface area contributed by atoms with Crippen molar-refractivity contribution < 1.29 is 4.74 Å². The SMILES string of the molecule is COc1cccc2c1nc(CCCl)n2CC1CCC1. The number of fused-ring (bicyclic) bond motifs is 1. The van der Waals surface area contributed by atoms with Gasteiger partial charge in [0, 0.05) is 18.8 Å². The summed E-state index contributed by atoms with van der Waals surface area (Å²) in [5.41, 5.74) is 2.14. The van der Waals surface area contributed by atoms with Crippen molar-refractivity contribution >= 4 is 22.6 Å². The summed E-state index contributed by atoms with van der Waals surface area (Å²) in [6.07, 6.45) is 4.85. The van der Waals surface area contributed by atoms with E-state index in [0.717, 1.165) is 36.0 Å². The smallest absolute Gasteiger partial charge is 0.146 e. The topological polar surface area (TPSA) is 27.1 Å². The second kappa shape index (κ2) is 5.41. The Labute approximate surface area is 118 Å². The first kappa shape index (κ1) is 12.8. The van der Waals surface area contributed by atoms with Gasteiger partial charge in [-0.05, 0) is 30.9 Å². The quantitative estimate of drug-likeness (QED) is 0.781. The number of methoxy groups -OCH3 is 1. The molecule has 0 N–H and O–H groups in total. The second-order valence-corrected chi connectivity index (χ2v) is 5.58. The van der Waals surface area contributed by atoms with Crippen LogP contribution in [0.15, 0.2) is 18.2 Å². The molecule has 0 bridgehead atoms. The Morgan fingerprint density at radius 1 is 1.42 bits per heavy atom. The molecule has 102 valence electrons. The Morgan fingerprint density at radius 2 is 2.26 bits per heavy atom. The van der Waals surface area contributed by atoms with E-state index in [0.29, 0.717) is 5.88 Å². The monoisotopic (exact) mass is 278 g/mol. The van der Waals surface area contributed by atoms with Gasteiger partial charge in [-0.3, -0.25) is 0 Å². The molecule has 0 atom stereocenters. The summed E-state index contributed by atoms with van der Waals surface area (Å²) in [7, 11) is 1.70. The van der Waals surface area contributed by atoms with Gasteiger partial charge in [-0.1, -0.05) is 12.5 Å². The number of hydrogen-bond donors (Lipinski definition) is 0. The van der Waals surface area contributed by atoms with Gasteiger partial charge in [0.05, 0.1) is 12.6 Å². The zero-order chi connectivity index (χ0) is 13.2. The number of ether oxygens (including phenoxy) is 1. The maximum absolute atomic E-state index is 5.91. The molecule has 2 aromatic rings. The van der Waals surface area contributed by atoms with Crippen molar-refractivity contribution in [2.24, 2.45) is 5.92 Å². The van der Waals surface area contributed by atoms with Crippen LogP contribution in [0.1, 0.15) is 25.1 Å². The summed E-state index contributed by atoms with van der Waals surface area (Å²) in [6, 6.07) is 6.12. The fourth-order valence-corrected chi connectivity index (χ4v) is 2.92. The van der Waals surface area contributed by atoms with Crippen molar-refractivity contribution in [1.82, 2.24) is 9.55 Å². The largest absolute Gasteiger partial charge is 0.494 e. The highest BCUT2D eigenvalue weighted by Crippen LogP contribution is 2.32. The third-order valence-electron chi connectivity index (χ3n) is 4.02. The minimum Gasteiger partial charge on any atom is -0.494 e. The van der Waals surface area contributed by atoms with E-state index < -0.39 is 0 Å². The van der Waals surface area contributed by atoms with E-state index in [1.165, 1.54) is 24.8 Å². The molecule has 0 aliphatic heterocycles. The molecular formula is C15H19ClN2O. The minimum atomic E-state index is 0.607. The normalized spacial score (nSPS) is 15.7. The Hall–Kier alpha value is -1.22. The van der Waals surface area contributed by atoms with E-state index in [2.05, 4.69) is 10.6 Å². The van der Waals surface area contributed by atoms with Crippen molar-refractivity contribution in [3.8, 4) is 5.75 Å². The first-order valence-electron chi connectivity index (χ1n) is 6.91. The van der Waals surface area contributed by atoms with Crippen LogP contribution in [-0.4, -0.2) is 22.5 Å². The molecule has 1 aromatic heterocycles. The van der Waals surface area contributed by atoms with E-state index in [1.807, 2.05) is 12.1 Å². The molecule has 0 amide bonds. The minimum absolute atomic E-state index is 0.607. The molecule has 1 aromatic carbocycles. The zero-order valence-corrected chi connectivity index (χ0v) is 12.0. The summed E-state index contributed by atoms with van der Waals surface area (Å²) in [5.74, 6) is 3.34. The first-order valence-corrected chi connectivity index (χ1v) is 7.45. The summed E-state index contributed by atoms with van der Waals surface area (Å²) in [5, 5.41) is 0. The zero-order valence-electron chi connectivity index (χ0n) is 11.2. The van der Waals surface area contributed by atoms with Crippen LogP contribution >= 0.6 is 11.6 Å². The molecule has 3 nitrogen and oxygen atoms in total. The van der Waals surface area contributed by atoms with Crippen LogP contribution in [0, 0.1) is 5.92 Å². The van der Waals surface area contributed by atoms with E-state index in [9.17, 15) is 0 Å². The molecule has 1 saturated carbocycles. The van der Waals surface area contributed by atoms with E-state index >= 15 is 0 Å². The maximum Gasteiger partial charge on any atom is 0.146 e. The van der Waals surface area contributed by atoms with Gasteiger partial charge in [-0.25, -0.2) is 4.98 Å². The molecule has 1 aliphatic rings. The van der Waals surface area contributed by atoms with Crippen molar-refractivity contribution in [3.63, 3.8) is 0 Å². The number of nitrogens with zero attached hydrogens (tertiary/aromatic N) is 2. The number of imidazole rings is 1. The van der Waals surface area contributed by atoms with Crippen molar-refractivity contribution in [2.45, 2.75) is 32.2 Å². The highest BCUT2D eigenvalue weighted by molar-refractivity contribution is 6.17. The lowest BCUT2D eigenvalue weighted by atomic mass is 9.85. The van der Waals surface area contributed by atoms with Crippen molar-refractivity contribution in [1.29, 1.82) is 0 Å². The maximum atomic E-state index is 5.91. The highest BCUT2D eigenvalue weighted by Gasteiger charge is 2.21. The van der Waals surface area contributed by atoms with Crippen LogP contribution < -0.4 is 4.74 Å². The number of aromatic nitrogens is 2. The molecule has 0 unspecified atom stereocenters. The predicted molar refractivity (Wildman–Crippen MR) is 78.1 cm³/mol. The number of benzene rings is 1. The highest BCUT2D eigenvalue weighted by atomic mass is 35.5. The summed E-state index contributed by atoms with van der Waals surface area (Å²) in [6.45, 7) is 1.07. The van der Waals surface area contributed by atoms with Crippen LogP contribution in [0.5, 0.6) is 5.75 Å². The molecule has 1 fully saturated rings. The lowest BCUT2D eigenvalue weighted by molar-refractivity contribution is 0.277. The Morgan fingerprint density at radius 3 is 2.89 bits per heavy atom. The van der Waals surface area contributed by atoms with Gasteiger partial charge in [0.2, 0.25) is 0 Å².